The van der Waals surface area contributed by atoms with Crippen LogP contribution in [-0.4, -0.2) is 26.5 Å². The lowest BCUT2D eigenvalue weighted by molar-refractivity contribution is -0.849. The van der Waals surface area contributed by atoms with E-state index in [4.69, 9.17) is 11.6 Å². The third-order valence-corrected chi connectivity index (χ3v) is 2.38. The monoisotopic (exact) mass is 227 g/mol. The molecule has 0 heterocycles. The molecule has 0 radical (unpaired) electrons. The normalized spacial score (nSPS) is 10.5. The maximum absolute atomic E-state index is 11.4. The highest BCUT2D eigenvalue weighted by atomic mass is 35.5. The van der Waals surface area contributed by atoms with Gasteiger partial charge in [-0.25, -0.2) is 0 Å². The van der Waals surface area contributed by atoms with Crippen molar-refractivity contribution in [1.82, 2.24) is 0 Å². The molecule has 1 aromatic carbocycles. The predicted octanol–water partition coefficient (Wildman–Crippen LogP) is 0.731. The van der Waals surface area contributed by atoms with Gasteiger partial charge in [0, 0.05) is 10.7 Å². The predicted molar refractivity (Wildman–Crippen MR) is 62.5 cm³/mol. The molecule has 82 valence electrons. The quantitative estimate of drug-likeness (QED) is 0.785. The topological polar surface area (TPSA) is 33.5 Å². The minimum Gasteiger partial charge on any atom is -0.332 e. The second-order valence-corrected chi connectivity index (χ2v) is 4.30. The number of benzene rings is 1. The van der Waals surface area contributed by atoms with Crippen LogP contribution in [0.5, 0.6) is 0 Å². The Kier molecular flexibility index (Phi) is 4.12. The molecule has 1 amide bonds. The Balaban J connectivity index is 2.65. The van der Waals surface area contributed by atoms with Crippen molar-refractivity contribution < 1.29 is 9.69 Å². The molecule has 0 saturated heterocycles. The molecule has 15 heavy (non-hydrogen) atoms. The Morgan fingerprint density at radius 1 is 1.47 bits per heavy atom. The molecule has 0 saturated carbocycles. The van der Waals surface area contributed by atoms with E-state index in [-0.39, 0.29) is 5.91 Å². The van der Waals surface area contributed by atoms with Crippen LogP contribution < -0.4 is 10.2 Å². The van der Waals surface area contributed by atoms with Gasteiger partial charge < -0.3 is 10.2 Å². The molecule has 0 spiro atoms. The van der Waals surface area contributed by atoms with Gasteiger partial charge in [-0.05, 0) is 24.6 Å². The number of nitrogens with one attached hydrogen (secondary N) is 2. The summed E-state index contributed by atoms with van der Waals surface area (Å²) in [5, 5.41) is 3.47. The van der Waals surface area contributed by atoms with Crippen LogP contribution in [0.1, 0.15) is 5.56 Å². The summed E-state index contributed by atoms with van der Waals surface area (Å²) in [7, 11) is 3.86. The average molecular weight is 228 g/mol. The summed E-state index contributed by atoms with van der Waals surface area (Å²) < 4.78 is 0. The van der Waals surface area contributed by atoms with Gasteiger partial charge in [-0.15, -0.1) is 0 Å². The molecule has 3 nitrogen and oxygen atoms in total. The second kappa shape index (κ2) is 5.14. The van der Waals surface area contributed by atoms with Crippen molar-refractivity contribution in [3.05, 3.63) is 28.8 Å². The molecule has 0 fully saturated rings. The van der Waals surface area contributed by atoms with Crippen LogP contribution >= 0.6 is 11.6 Å². The summed E-state index contributed by atoms with van der Waals surface area (Å²) in [5.74, 6) is -0.00470. The fourth-order valence-electron chi connectivity index (χ4n) is 1.20. The molecule has 1 rings (SSSR count). The Labute approximate surface area is 95.0 Å². The first kappa shape index (κ1) is 12.0. The summed E-state index contributed by atoms with van der Waals surface area (Å²) in [6.07, 6.45) is 0. The maximum Gasteiger partial charge on any atom is 0.279 e. The highest BCUT2D eigenvalue weighted by Crippen LogP contribution is 2.19. The van der Waals surface area contributed by atoms with Crippen molar-refractivity contribution >= 4 is 23.2 Å². The number of quaternary nitrogens is 1. The zero-order valence-corrected chi connectivity index (χ0v) is 9.98. The number of anilines is 1. The summed E-state index contributed by atoms with van der Waals surface area (Å²) >= 11 is 5.95. The van der Waals surface area contributed by atoms with Crippen molar-refractivity contribution in [2.75, 3.05) is 26.0 Å². The molecule has 0 atom stereocenters. The maximum atomic E-state index is 11.4. The number of hydrogen-bond acceptors (Lipinski definition) is 1. The number of aryl methyl sites for hydroxylation is 1. The molecule has 0 aliphatic rings. The lowest BCUT2D eigenvalue weighted by atomic mass is 10.2. The van der Waals surface area contributed by atoms with Crippen LogP contribution in [0.2, 0.25) is 5.02 Å². The summed E-state index contributed by atoms with van der Waals surface area (Å²) in [6, 6.07) is 5.50. The fraction of sp³-hybridized carbons (Fsp3) is 0.364. The number of amides is 1. The van der Waals surface area contributed by atoms with E-state index in [9.17, 15) is 4.79 Å². The zero-order chi connectivity index (χ0) is 11.4. The van der Waals surface area contributed by atoms with Crippen molar-refractivity contribution in [1.29, 1.82) is 0 Å². The molecule has 1 aromatic rings. The smallest absolute Gasteiger partial charge is 0.279 e. The van der Waals surface area contributed by atoms with E-state index in [1.54, 1.807) is 6.07 Å². The SMILES string of the molecule is Cc1ccc(NC(=O)C[NH+](C)C)cc1Cl. The van der Waals surface area contributed by atoms with Crippen molar-refractivity contribution in [2.45, 2.75) is 6.92 Å². The average Bonchev–Trinajstić information content (AvgIpc) is 2.10. The molecule has 0 bridgehead atoms. The number of carbonyl (C=O) groups is 1. The fourth-order valence-corrected chi connectivity index (χ4v) is 1.38. The van der Waals surface area contributed by atoms with Gasteiger partial charge in [0.05, 0.1) is 14.1 Å². The van der Waals surface area contributed by atoms with Gasteiger partial charge in [0.1, 0.15) is 0 Å². The zero-order valence-electron chi connectivity index (χ0n) is 9.23. The lowest BCUT2D eigenvalue weighted by Gasteiger charge is -2.08. The van der Waals surface area contributed by atoms with E-state index in [0.29, 0.717) is 11.6 Å². The number of carbonyl (C=O) groups excluding carboxylic acids is 1. The molecular formula is C11H16ClN2O+. The van der Waals surface area contributed by atoms with E-state index >= 15 is 0 Å². The molecule has 4 heteroatoms. The van der Waals surface area contributed by atoms with Crippen molar-refractivity contribution in [3.63, 3.8) is 0 Å². The number of halogens is 1. The second-order valence-electron chi connectivity index (χ2n) is 3.90. The van der Waals surface area contributed by atoms with Gasteiger partial charge >= 0.3 is 0 Å². The third kappa shape index (κ3) is 3.90. The van der Waals surface area contributed by atoms with Crippen LogP contribution in [-0.2, 0) is 4.79 Å². The van der Waals surface area contributed by atoms with Gasteiger partial charge in [-0.2, -0.15) is 0 Å². The molecule has 0 unspecified atom stereocenters. The molecule has 2 N–H and O–H groups in total. The van der Waals surface area contributed by atoms with Crippen LogP contribution in [0.3, 0.4) is 0 Å². The van der Waals surface area contributed by atoms with Crippen LogP contribution in [0.25, 0.3) is 0 Å². The first-order chi connectivity index (χ1) is 6.99. The number of hydrogen-bond donors (Lipinski definition) is 2. The van der Waals surface area contributed by atoms with Gasteiger partial charge in [0.15, 0.2) is 6.54 Å². The van der Waals surface area contributed by atoms with E-state index in [1.807, 2.05) is 33.2 Å². The van der Waals surface area contributed by atoms with E-state index < -0.39 is 0 Å². The Morgan fingerprint density at radius 3 is 2.67 bits per heavy atom. The summed E-state index contributed by atoms with van der Waals surface area (Å²) in [6.45, 7) is 2.38. The van der Waals surface area contributed by atoms with E-state index in [0.717, 1.165) is 16.2 Å². The lowest BCUT2D eigenvalue weighted by Crippen LogP contribution is -3.06. The largest absolute Gasteiger partial charge is 0.332 e. The summed E-state index contributed by atoms with van der Waals surface area (Å²) in [5.41, 5.74) is 1.75. The van der Waals surface area contributed by atoms with Crippen molar-refractivity contribution in [3.8, 4) is 0 Å². The van der Waals surface area contributed by atoms with Gasteiger partial charge in [0.25, 0.3) is 5.91 Å². The molecule has 0 aromatic heterocycles. The minimum atomic E-state index is -0.00470. The van der Waals surface area contributed by atoms with Crippen LogP contribution in [0, 0.1) is 6.92 Å². The van der Waals surface area contributed by atoms with E-state index in [1.165, 1.54) is 0 Å². The summed E-state index contributed by atoms with van der Waals surface area (Å²) in [4.78, 5) is 12.5. The standard InChI is InChI=1S/C11H15ClN2O/c1-8-4-5-9(6-10(8)12)13-11(15)7-14(2)3/h4-6H,7H2,1-3H3,(H,13,15)/p+1. The Hall–Kier alpha value is -1.06. The highest BCUT2D eigenvalue weighted by molar-refractivity contribution is 6.31. The Bertz CT molecular complexity index is 364. The molecule has 0 aliphatic carbocycles. The number of rotatable bonds is 3. The van der Waals surface area contributed by atoms with Gasteiger partial charge in [-0.3, -0.25) is 4.79 Å². The van der Waals surface area contributed by atoms with Crippen molar-refractivity contribution in [2.24, 2.45) is 0 Å². The Morgan fingerprint density at radius 2 is 2.13 bits per heavy atom. The van der Waals surface area contributed by atoms with Gasteiger partial charge in [-0.1, -0.05) is 17.7 Å². The molecular weight excluding hydrogens is 212 g/mol. The first-order valence-corrected chi connectivity index (χ1v) is 5.22. The third-order valence-electron chi connectivity index (χ3n) is 1.97. The van der Waals surface area contributed by atoms with Crippen LogP contribution in [0.15, 0.2) is 18.2 Å². The van der Waals surface area contributed by atoms with Gasteiger partial charge in [0.2, 0.25) is 0 Å². The minimum absolute atomic E-state index is 0.00470. The van der Waals surface area contributed by atoms with Crippen LogP contribution in [0.4, 0.5) is 5.69 Å². The molecule has 0 aliphatic heterocycles. The highest BCUT2D eigenvalue weighted by Gasteiger charge is 2.06. The van der Waals surface area contributed by atoms with E-state index in [2.05, 4.69) is 5.32 Å². The number of likely N-dealkylation sites (N-methyl/N-ethyl adjacent to an activating group) is 1. The first-order valence-electron chi connectivity index (χ1n) is 4.84.